The molecule has 1 fully saturated rings. The van der Waals surface area contributed by atoms with Crippen molar-refractivity contribution in [2.24, 2.45) is 11.3 Å². The zero-order valence-electron chi connectivity index (χ0n) is 13.7. The van der Waals surface area contributed by atoms with Gasteiger partial charge in [-0.1, -0.05) is 12.2 Å². The number of hydrogen-bond donors (Lipinski definition) is 0. The Morgan fingerprint density at radius 2 is 2.00 bits per heavy atom. The lowest BCUT2D eigenvalue weighted by Gasteiger charge is -2.31. The van der Waals surface area contributed by atoms with Gasteiger partial charge in [0.1, 0.15) is 0 Å². The largest absolute Gasteiger partial charge is 0.395 e. The highest BCUT2D eigenvalue weighted by atomic mass is 28.4. The standard InChI is InChI=1S/C16H26O5Si/c1-4-19-22(3,20-5-2)12-8-11-16-10-7-6-9-13(16)14(17)21-15(16)18/h7,10,13H,4-6,8-9,11-12H2,1-3H3. The van der Waals surface area contributed by atoms with Crippen LogP contribution in [0.15, 0.2) is 12.2 Å². The molecule has 0 aromatic heterocycles. The number of fused-ring (bicyclic) bond motifs is 1. The van der Waals surface area contributed by atoms with Gasteiger partial charge in [0.2, 0.25) is 0 Å². The van der Waals surface area contributed by atoms with Gasteiger partial charge in [-0.15, -0.1) is 0 Å². The number of esters is 2. The summed E-state index contributed by atoms with van der Waals surface area (Å²) in [4.78, 5) is 24.1. The fourth-order valence-electron chi connectivity index (χ4n) is 3.58. The Morgan fingerprint density at radius 3 is 2.64 bits per heavy atom. The summed E-state index contributed by atoms with van der Waals surface area (Å²) in [5.74, 6) is -1.05. The molecule has 0 aromatic rings. The van der Waals surface area contributed by atoms with E-state index in [1.807, 2.05) is 26.0 Å². The summed E-state index contributed by atoms with van der Waals surface area (Å²) in [6.45, 7) is 7.27. The fourth-order valence-corrected chi connectivity index (χ4v) is 6.00. The summed E-state index contributed by atoms with van der Waals surface area (Å²) in [6, 6.07) is 0.818. The Morgan fingerprint density at radius 1 is 1.32 bits per heavy atom. The monoisotopic (exact) mass is 326 g/mol. The smallest absolute Gasteiger partial charge is 0.334 e. The molecule has 0 spiro atoms. The number of carbonyl (C=O) groups excluding carboxylic acids is 2. The molecular formula is C16H26O5Si. The second kappa shape index (κ2) is 7.06. The van der Waals surface area contributed by atoms with Gasteiger partial charge in [0.25, 0.3) is 0 Å². The SMILES string of the molecule is CCO[Si](C)(CCCC12C=CCCC1C(=O)OC2=O)OCC. The number of cyclic esters (lactones) is 2. The van der Waals surface area contributed by atoms with Gasteiger partial charge in [-0.25, -0.2) is 0 Å². The van der Waals surface area contributed by atoms with Gasteiger partial charge in [0.15, 0.2) is 0 Å². The van der Waals surface area contributed by atoms with Crippen molar-refractivity contribution in [3.05, 3.63) is 12.2 Å². The van der Waals surface area contributed by atoms with E-state index >= 15 is 0 Å². The first-order valence-electron chi connectivity index (χ1n) is 8.19. The molecule has 2 unspecified atom stereocenters. The van der Waals surface area contributed by atoms with Crippen LogP contribution in [-0.4, -0.2) is 33.7 Å². The zero-order valence-corrected chi connectivity index (χ0v) is 14.7. The minimum absolute atomic E-state index is 0.308. The molecule has 0 bridgehead atoms. The molecule has 2 atom stereocenters. The number of allylic oxidation sites excluding steroid dienone is 1. The van der Waals surface area contributed by atoms with E-state index in [0.717, 1.165) is 18.9 Å². The van der Waals surface area contributed by atoms with Crippen LogP contribution in [0, 0.1) is 11.3 Å². The van der Waals surface area contributed by atoms with Crippen LogP contribution in [0.2, 0.25) is 12.6 Å². The minimum atomic E-state index is -2.18. The molecule has 5 nitrogen and oxygen atoms in total. The van der Waals surface area contributed by atoms with E-state index in [0.29, 0.717) is 26.1 Å². The highest BCUT2D eigenvalue weighted by Gasteiger charge is 2.56. The van der Waals surface area contributed by atoms with Gasteiger partial charge in [-0.2, -0.15) is 0 Å². The van der Waals surface area contributed by atoms with Crippen molar-refractivity contribution >= 4 is 20.5 Å². The Balaban J connectivity index is 2.02. The van der Waals surface area contributed by atoms with Crippen LogP contribution in [0.25, 0.3) is 0 Å². The van der Waals surface area contributed by atoms with Crippen molar-refractivity contribution in [2.45, 2.75) is 52.1 Å². The minimum Gasteiger partial charge on any atom is -0.395 e. The molecule has 0 N–H and O–H groups in total. The number of carbonyl (C=O) groups is 2. The average molecular weight is 326 g/mol. The van der Waals surface area contributed by atoms with Crippen molar-refractivity contribution in [3.63, 3.8) is 0 Å². The Kier molecular flexibility index (Phi) is 5.58. The topological polar surface area (TPSA) is 61.8 Å². The molecule has 0 saturated carbocycles. The quantitative estimate of drug-likeness (QED) is 0.297. The number of ether oxygens (including phenoxy) is 1. The molecular weight excluding hydrogens is 300 g/mol. The third-order valence-electron chi connectivity index (χ3n) is 4.64. The molecule has 1 saturated heterocycles. The van der Waals surface area contributed by atoms with Gasteiger partial charge < -0.3 is 13.6 Å². The molecule has 6 heteroatoms. The van der Waals surface area contributed by atoms with Gasteiger partial charge in [0, 0.05) is 13.2 Å². The highest BCUT2D eigenvalue weighted by molar-refractivity contribution is 6.66. The van der Waals surface area contributed by atoms with Gasteiger partial charge >= 0.3 is 20.5 Å². The molecule has 0 amide bonds. The highest BCUT2D eigenvalue weighted by Crippen LogP contribution is 2.47. The summed E-state index contributed by atoms with van der Waals surface area (Å²) < 4.78 is 16.6. The van der Waals surface area contributed by atoms with Crippen molar-refractivity contribution in [1.29, 1.82) is 0 Å². The average Bonchev–Trinajstić information content (AvgIpc) is 2.71. The van der Waals surface area contributed by atoms with Crippen LogP contribution in [0.1, 0.15) is 39.5 Å². The zero-order chi connectivity index (χ0) is 16.2. The fraction of sp³-hybridized carbons (Fsp3) is 0.750. The molecule has 0 radical (unpaired) electrons. The molecule has 1 heterocycles. The number of rotatable bonds is 8. The van der Waals surface area contributed by atoms with Crippen molar-refractivity contribution in [2.75, 3.05) is 13.2 Å². The maximum atomic E-state index is 12.2. The van der Waals surface area contributed by atoms with E-state index in [1.165, 1.54) is 0 Å². The Hall–Kier alpha value is -0.983. The molecule has 2 rings (SSSR count). The Labute approximate surface area is 133 Å². The van der Waals surface area contributed by atoms with E-state index in [-0.39, 0.29) is 17.9 Å². The molecule has 22 heavy (non-hydrogen) atoms. The lowest BCUT2D eigenvalue weighted by atomic mass is 9.69. The predicted octanol–water partition coefficient (Wildman–Crippen LogP) is 2.95. The van der Waals surface area contributed by atoms with Crippen molar-refractivity contribution < 1.29 is 23.2 Å². The first-order chi connectivity index (χ1) is 10.5. The third-order valence-corrected chi connectivity index (χ3v) is 7.70. The summed E-state index contributed by atoms with van der Waals surface area (Å²) in [5.41, 5.74) is -0.747. The third kappa shape index (κ3) is 3.34. The van der Waals surface area contributed by atoms with Crippen LogP contribution in [-0.2, 0) is 23.2 Å². The van der Waals surface area contributed by atoms with Gasteiger partial charge in [-0.05, 0) is 52.1 Å². The predicted molar refractivity (Wildman–Crippen MR) is 84.3 cm³/mol. The molecule has 124 valence electrons. The second-order valence-electron chi connectivity index (χ2n) is 6.13. The van der Waals surface area contributed by atoms with Gasteiger partial charge in [-0.3, -0.25) is 9.59 Å². The summed E-state index contributed by atoms with van der Waals surface area (Å²) >= 11 is 0. The second-order valence-corrected chi connectivity index (χ2v) is 9.48. The van der Waals surface area contributed by atoms with Crippen LogP contribution in [0.3, 0.4) is 0 Å². The van der Waals surface area contributed by atoms with Crippen LogP contribution >= 0.6 is 0 Å². The van der Waals surface area contributed by atoms with E-state index in [4.69, 9.17) is 13.6 Å². The maximum absolute atomic E-state index is 12.2. The Bertz CT molecular complexity index is 455. The van der Waals surface area contributed by atoms with E-state index in [2.05, 4.69) is 6.55 Å². The lowest BCUT2D eigenvalue weighted by molar-refractivity contribution is -0.154. The molecule has 0 aromatic carbocycles. The van der Waals surface area contributed by atoms with E-state index in [9.17, 15) is 9.59 Å². The first-order valence-corrected chi connectivity index (χ1v) is 10.7. The van der Waals surface area contributed by atoms with Gasteiger partial charge in [0.05, 0.1) is 11.3 Å². The molecule has 2 aliphatic rings. The summed E-state index contributed by atoms with van der Waals surface area (Å²) in [7, 11) is -2.18. The number of hydrogen-bond acceptors (Lipinski definition) is 5. The van der Waals surface area contributed by atoms with Crippen LogP contribution in [0.5, 0.6) is 0 Å². The maximum Gasteiger partial charge on any atom is 0.334 e. The van der Waals surface area contributed by atoms with E-state index in [1.54, 1.807) is 0 Å². The normalized spacial score (nSPS) is 27.9. The van der Waals surface area contributed by atoms with Crippen molar-refractivity contribution in [1.82, 2.24) is 0 Å². The summed E-state index contributed by atoms with van der Waals surface area (Å²) in [5, 5.41) is 0. The van der Waals surface area contributed by atoms with Crippen LogP contribution < -0.4 is 0 Å². The van der Waals surface area contributed by atoms with E-state index < -0.39 is 14.0 Å². The van der Waals surface area contributed by atoms with Crippen molar-refractivity contribution in [3.8, 4) is 0 Å². The lowest BCUT2D eigenvalue weighted by Crippen LogP contribution is -2.40. The summed E-state index contributed by atoms with van der Waals surface area (Å²) in [6.07, 6.45) is 6.85. The molecule has 1 aliphatic carbocycles. The first kappa shape index (κ1) is 17.4. The molecule has 1 aliphatic heterocycles. The van der Waals surface area contributed by atoms with Crippen LogP contribution in [0.4, 0.5) is 0 Å².